The van der Waals surface area contributed by atoms with Gasteiger partial charge >= 0.3 is 5.69 Å². The highest BCUT2D eigenvalue weighted by Gasteiger charge is 2.16. The molecular weight excluding hydrogens is 282 g/mol. The van der Waals surface area contributed by atoms with Crippen LogP contribution in [0.1, 0.15) is 18.5 Å². The Labute approximate surface area is 119 Å². The van der Waals surface area contributed by atoms with E-state index < -0.39 is 28.3 Å². The smallest absolute Gasteiger partial charge is 0.304 e. The minimum Gasteiger partial charge on any atom is -0.508 e. The van der Waals surface area contributed by atoms with Gasteiger partial charge in [0.15, 0.2) is 0 Å². The van der Waals surface area contributed by atoms with E-state index in [2.05, 4.69) is 5.32 Å². The van der Waals surface area contributed by atoms with Crippen molar-refractivity contribution in [1.29, 1.82) is 0 Å². The molecule has 0 heterocycles. The van der Waals surface area contributed by atoms with Crippen LogP contribution < -0.4 is 5.32 Å². The van der Waals surface area contributed by atoms with E-state index in [0.29, 0.717) is 0 Å². The Morgan fingerprint density at radius 1 is 1.19 bits per heavy atom. The fourth-order valence-corrected chi connectivity index (χ4v) is 1.94. The summed E-state index contributed by atoms with van der Waals surface area (Å²) in [6.45, 7) is 1.65. The fourth-order valence-electron chi connectivity index (χ4n) is 1.94. The number of halogens is 2. The summed E-state index contributed by atoms with van der Waals surface area (Å²) in [5.41, 5.74) is -0.0475. The van der Waals surface area contributed by atoms with E-state index in [-0.39, 0.29) is 17.0 Å². The molecule has 7 heteroatoms. The molecule has 0 aliphatic rings. The van der Waals surface area contributed by atoms with Crippen molar-refractivity contribution < 1.29 is 18.8 Å². The van der Waals surface area contributed by atoms with Gasteiger partial charge in [-0.1, -0.05) is 6.07 Å². The fraction of sp³-hybridized carbons (Fsp3) is 0.143. The van der Waals surface area contributed by atoms with Gasteiger partial charge in [0.25, 0.3) is 0 Å². The first-order chi connectivity index (χ1) is 9.88. The zero-order valence-electron chi connectivity index (χ0n) is 11.0. The van der Waals surface area contributed by atoms with Crippen LogP contribution in [0.4, 0.5) is 20.2 Å². The van der Waals surface area contributed by atoms with Gasteiger partial charge in [-0.15, -0.1) is 0 Å². The lowest BCUT2D eigenvalue weighted by Crippen LogP contribution is -2.09. The summed E-state index contributed by atoms with van der Waals surface area (Å²) in [5, 5.41) is 22.5. The van der Waals surface area contributed by atoms with Gasteiger partial charge in [-0.05, 0) is 19.1 Å². The minimum atomic E-state index is -0.969. The quantitative estimate of drug-likeness (QED) is 0.665. The number of benzene rings is 2. The molecule has 2 aromatic carbocycles. The summed E-state index contributed by atoms with van der Waals surface area (Å²) in [5.74, 6) is -1.76. The lowest BCUT2D eigenvalue weighted by molar-refractivity contribution is -0.387. The second kappa shape index (κ2) is 5.74. The topological polar surface area (TPSA) is 75.4 Å². The lowest BCUT2D eigenvalue weighted by Gasteiger charge is -2.16. The summed E-state index contributed by atoms with van der Waals surface area (Å²) in [7, 11) is 0. The molecule has 0 aliphatic heterocycles. The van der Waals surface area contributed by atoms with Crippen LogP contribution in [0.3, 0.4) is 0 Å². The SMILES string of the molecule is CC(Nc1ccc([N+](=O)[O-])c(F)c1)c1ccc(O)cc1F. The van der Waals surface area contributed by atoms with Crippen LogP contribution in [-0.2, 0) is 0 Å². The lowest BCUT2D eigenvalue weighted by atomic mass is 10.1. The molecule has 2 rings (SSSR count). The maximum absolute atomic E-state index is 13.7. The highest BCUT2D eigenvalue weighted by atomic mass is 19.1. The summed E-state index contributed by atoms with van der Waals surface area (Å²) in [6.07, 6.45) is 0. The average Bonchev–Trinajstić information content (AvgIpc) is 2.37. The van der Waals surface area contributed by atoms with Crippen LogP contribution in [0.15, 0.2) is 36.4 Å². The number of aromatic hydroxyl groups is 1. The first-order valence-corrected chi connectivity index (χ1v) is 6.07. The van der Waals surface area contributed by atoms with Gasteiger partial charge in [-0.2, -0.15) is 4.39 Å². The van der Waals surface area contributed by atoms with Crippen molar-refractivity contribution in [1.82, 2.24) is 0 Å². The monoisotopic (exact) mass is 294 g/mol. The van der Waals surface area contributed by atoms with Gasteiger partial charge < -0.3 is 10.4 Å². The van der Waals surface area contributed by atoms with Crippen molar-refractivity contribution in [2.45, 2.75) is 13.0 Å². The molecule has 0 amide bonds. The normalized spacial score (nSPS) is 12.0. The number of phenols is 1. The molecule has 1 atom stereocenters. The van der Waals surface area contributed by atoms with Gasteiger partial charge in [0, 0.05) is 29.4 Å². The molecule has 0 aliphatic carbocycles. The van der Waals surface area contributed by atoms with Crippen LogP contribution in [-0.4, -0.2) is 10.0 Å². The predicted octanol–water partition coefficient (Wildman–Crippen LogP) is 3.75. The molecule has 110 valence electrons. The second-order valence-electron chi connectivity index (χ2n) is 4.50. The summed E-state index contributed by atoms with van der Waals surface area (Å²) < 4.78 is 27.2. The second-order valence-corrected chi connectivity index (χ2v) is 4.50. The highest BCUT2D eigenvalue weighted by molar-refractivity contribution is 5.51. The van der Waals surface area contributed by atoms with Crippen LogP contribution >= 0.6 is 0 Å². The first kappa shape index (κ1) is 14.7. The Balaban J connectivity index is 2.21. The number of rotatable bonds is 4. The number of nitro benzene ring substituents is 1. The van der Waals surface area contributed by atoms with Crippen LogP contribution in [0.2, 0.25) is 0 Å². The molecule has 0 aromatic heterocycles. The molecule has 0 spiro atoms. The molecule has 5 nitrogen and oxygen atoms in total. The zero-order valence-corrected chi connectivity index (χ0v) is 11.0. The van der Waals surface area contributed by atoms with Gasteiger partial charge in [0.1, 0.15) is 11.6 Å². The summed E-state index contributed by atoms with van der Waals surface area (Å²) >= 11 is 0. The maximum atomic E-state index is 13.7. The number of nitrogens with one attached hydrogen (secondary N) is 1. The molecule has 0 fully saturated rings. The van der Waals surface area contributed by atoms with E-state index >= 15 is 0 Å². The largest absolute Gasteiger partial charge is 0.508 e. The van der Waals surface area contributed by atoms with E-state index in [1.165, 1.54) is 18.2 Å². The summed E-state index contributed by atoms with van der Waals surface area (Å²) in [4.78, 5) is 9.71. The molecule has 0 bridgehead atoms. The predicted molar refractivity (Wildman–Crippen MR) is 73.2 cm³/mol. The van der Waals surface area contributed by atoms with Gasteiger partial charge in [0.2, 0.25) is 5.82 Å². The van der Waals surface area contributed by atoms with E-state index in [9.17, 15) is 18.9 Å². The highest BCUT2D eigenvalue weighted by Crippen LogP contribution is 2.26. The minimum absolute atomic E-state index is 0.190. The number of hydrogen-bond acceptors (Lipinski definition) is 4. The van der Waals surface area contributed by atoms with Crippen LogP contribution in [0, 0.1) is 21.7 Å². The number of hydrogen-bond donors (Lipinski definition) is 2. The molecule has 0 saturated carbocycles. The third-order valence-corrected chi connectivity index (χ3v) is 2.98. The standard InChI is InChI=1S/C14H12F2N2O3/c1-8(11-4-3-10(19)7-12(11)15)17-9-2-5-14(18(20)21)13(16)6-9/h2-8,17,19H,1H3. The van der Waals surface area contributed by atoms with Gasteiger partial charge in [-0.3, -0.25) is 10.1 Å². The van der Waals surface area contributed by atoms with Gasteiger partial charge in [0.05, 0.1) is 11.0 Å². The van der Waals surface area contributed by atoms with E-state index in [4.69, 9.17) is 5.11 Å². The third-order valence-electron chi connectivity index (χ3n) is 2.98. The average molecular weight is 294 g/mol. The number of anilines is 1. The van der Waals surface area contributed by atoms with E-state index in [1.54, 1.807) is 6.92 Å². The molecule has 2 N–H and O–H groups in total. The molecule has 2 aromatic rings. The molecule has 21 heavy (non-hydrogen) atoms. The molecule has 1 unspecified atom stereocenters. The van der Waals surface area contributed by atoms with Crippen molar-refractivity contribution in [2.75, 3.05) is 5.32 Å². The maximum Gasteiger partial charge on any atom is 0.304 e. The Hall–Kier alpha value is -2.70. The van der Waals surface area contributed by atoms with E-state index in [0.717, 1.165) is 18.2 Å². The third kappa shape index (κ3) is 3.25. The van der Waals surface area contributed by atoms with E-state index in [1.807, 2.05) is 0 Å². The summed E-state index contributed by atoms with van der Waals surface area (Å²) in [6, 6.07) is 6.58. The number of nitro groups is 1. The molecule has 0 radical (unpaired) electrons. The number of nitrogens with zero attached hydrogens (tertiary/aromatic N) is 1. The molecular formula is C14H12F2N2O3. The van der Waals surface area contributed by atoms with Crippen molar-refractivity contribution in [3.8, 4) is 5.75 Å². The van der Waals surface area contributed by atoms with Crippen molar-refractivity contribution >= 4 is 11.4 Å². The van der Waals surface area contributed by atoms with Crippen molar-refractivity contribution in [3.63, 3.8) is 0 Å². The Kier molecular flexibility index (Phi) is 4.02. The van der Waals surface area contributed by atoms with Crippen LogP contribution in [0.25, 0.3) is 0 Å². The van der Waals surface area contributed by atoms with Crippen molar-refractivity contribution in [3.05, 3.63) is 63.7 Å². The van der Waals surface area contributed by atoms with Crippen LogP contribution in [0.5, 0.6) is 5.75 Å². The van der Waals surface area contributed by atoms with Crippen molar-refractivity contribution in [2.24, 2.45) is 0 Å². The number of phenolic OH excluding ortho intramolecular Hbond substituents is 1. The first-order valence-electron chi connectivity index (χ1n) is 6.07. The zero-order chi connectivity index (χ0) is 15.6. The Bertz CT molecular complexity index is 692. The molecule has 0 saturated heterocycles. The Morgan fingerprint density at radius 3 is 2.48 bits per heavy atom. The Morgan fingerprint density at radius 2 is 1.90 bits per heavy atom. The van der Waals surface area contributed by atoms with Gasteiger partial charge in [-0.25, -0.2) is 4.39 Å².